The topological polar surface area (TPSA) is 72.8 Å². The molecule has 0 aliphatic carbocycles. The number of rotatable bonds is 7. The molecule has 0 bridgehead atoms. The number of carbonyl (C=O) groups is 1. The van der Waals surface area contributed by atoms with Crippen LogP contribution in [-0.4, -0.2) is 30.9 Å². The molecule has 0 atom stereocenters. The number of carbonyl (C=O) groups excluding carboxylic acids is 1. The summed E-state index contributed by atoms with van der Waals surface area (Å²) < 4.78 is 11.2. The molecule has 1 aromatic carbocycles. The Morgan fingerprint density at radius 3 is 2.96 bits per heavy atom. The minimum atomic E-state index is -0.395. The minimum absolute atomic E-state index is 0.395. The van der Waals surface area contributed by atoms with Crippen molar-refractivity contribution in [3.63, 3.8) is 0 Å². The van der Waals surface area contributed by atoms with Crippen LogP contribution in [0.3, 0.4) is 0 Å². The van der Waals surface area contributed by atoms with Crippen LogP contribution in [0.1, 0.15) is 34.3 Å². The monoisotopic (exact) mass is 411 g/mol. The predicted octanol–water partition coefficient (Wildman–Crippen LogP) is 4.24. The van der Waals surface area contributed by atoms with Crippen molar-refractivity contribution < 1.29 is 14.3 Å². The lowest BCUT2D eigenvalue weighted by Crippen LogP contribution is -1.99. The molecule has 2 rings (SSSR count). The van der Waals surface area contributed by atoms with Gasteiger partial charge in [0.05, 0.1) is 30.1 Å². The molecule has 0 unspecified atom stereocenters. The average Bonchev–Trinajstić information content (AvgIpc) is 2.94. The molecule has 1 aromatic heterocycles. The van der Waals surface area contributed by atoms with Crippen molar-refractivity contribution in [1.29, 1.82) is 0 Å². The Labute approximate surface area is 153 Å². The molecule has 1 N–H and O–H groups in total. The highest BCUT2D eigenvalue weighted by atomic mass is 79.9. The first-order valence-corrected chi connectivity index (χ1v) is 8.93. The van der Waals surface area contributed by atoms with Crippen molar-refractivity contribution in [2.24, 2.45) is 5.10 Å². The number of halogens is 1. The molecule has 0 saturated carbocycles. The number of nitrogens with one attached hydrogen (secondary N) is 1. The van der Waals surface area contributed by atoms with E-state index in [1.54, 1.807) is 13.1 Å². The van der Waals surface area contributed by atoms with Crippen LogP contribution in [0.4, 0.5) is 5.13 Å². The Balaban J connectivity index is 2.01. The maximum absolute atomic E-state index is 11.6. The number of benzene rings is 1. The Morgan fingerprint density at radius 2 is 2.29 bits per heavy atom. The molecule has 0 radical (unpaired) electrons. The molecule has 24 heavy (non-hydrogen) atoms. The number of ether oxygens (including phenoxy) is 2. The largest absolute Gasteiger partial charge is 0.492 e. The molecule has 0 saturated heterocycles. The van der Waals surface area contributed by atoms with Crippen LogP contribution in [0.15, 0.2) is 27.8 Å². The fourth-order valence-corrected chi connectivity index (χ4v) is 3.16. The van der Waals surface area contributed by atoms with Gasteiger partial charge in [0, 0.05) is 0 Å². The third-order valence-corrected chi connectivity index (χ3v) is 4.62. The van der Waals surface area contributed by atoms with Gasteiger partial charge in [-0.2, -0.15) is 5.10 Å². The van der Waals surface area contributed by atoms with Crippen molar-refractivity contribution in [1.82, 2.24) is 4.98 Å². The number of methoxy groups -OCH3 is 1. The van der Waals surface area contributed by atoms with E-state index in [0.717, 1.165) is 22.2 Å². The van der Waals surface area contributed by atoms with E-state index in [4.69, 9.17) is 9.47 Å². The van der Waals surface area contributed by atoms with E-state index in [9.17, 15) is 4.79 Å². The smallest absolute Gasteiger partial charge is 0.350 e. The van der Waals surface area contributed by atoms with E-state index in [1.165, 1.54) is 18.4 Å². The molecular weight excluding hydrogens is 394 g/mol. The predicted molar refractivity (Wildman–Crippen MR) is 99.3 cm³/mol. The van der Waals surface area contributed by atoms with Crippen LogP contribution in [0.2, 0.25) is 0 Å². The molecule has 0 aliphatic heterocycles. The van der Waals surface area contributed by atoms with Crippen molar-refractivity contribution >= 4 is 44.6 Å². The van der Waals surface area contributed by atoms with Gasteiger partial charge >= 0.3 is 5.97 Å². The molecule has 8 heteroatoms. The summed E-state index contributed by atoms with van der Waals surface area (Å²) in [5.41, 5.74) is 4.34. The number of hydrogen-bond donors (Lipinski definition) is 1. The van der Waals surface area contributed by atoms with Crippen molar-refractivity contribution in [3.8, 4) is 5.75 Å². The van der Waals surface area contributed by atoms with Gasteiger partial charge in [0.25, 0.3) is 0 Å². The minimum Gasteiger partial charge on any atom is -0.492 e. The summed E-state index contributed by atoms with van der Waals surface area (Å²) >= 11 is 4.68. The van der Waals surface area contributed by atoms with Crippen LogP contribution in [0.25, 0.3) is 0 Å². The highest BCUT2D eigenvalue weighted by Crippen LogP contribution is 2.26. The lowest BCUT2D eigenvalue weighted by atomic mass is 10.2. The lowest BCUT2D eigenvalue weighted by Gasteiger charge is -2.07. The Hall–Kier alpha value is -1.93. The van der Waals surface area contributed by atoms with Crippen LogP contribution in [-0.2, 0) is 4.74 Å². The van der Waals surface area contributed by atoms with Gasteiger partial charge in [0.1, 0.15) is 10.6 Å². The summed E-state index contributed by atoms with van der Waals surface area (Å²) in [6.07, 6.45) is 2.63. The van der Waals surface area contributed by atoms with Crippen LogP contribution >= 0.6 is 27.3 Å². The number of esters is 1. The zero-order valence-corrected chi connectivity index (χ0v) is 16.0. The third kappa shape index (κ3) is 4.78. The van der Waals surface area contributed by atoms with Gasteiger partial charge < -0.3 is 9.47 Å². The lowest BCUT2D eigenvalue weighted by molar-refractivity contribution is 0.0605. The Kier molecular flexibility index (Phi) is 6.74. The third-order valence-electron chi connectivity index (χ3n) is 2.96. The SMILES string of the molecule is CCCOc1ccc(/C=N\Nc2nc(C)c(C(=O)OC)s2)cc1Br. The molecule has 0 spiro atoms. The van der Waals surface area contributed by atoms with E-state index in [0.29, 0.717) is 22.3 Å². The normalized spacial score (nSPS) is 10.8. The van der Waals surface area contributed by atoms with E-state index < -0.39 is 5.97 Å². The molecule has 6 nitrogen and oxygen atoms in total. The summed E-state index contributed by atoms with van der Waals surface area (Å²) in [7, 11) is 1.35. The second-order valence-electron chi connectivity index (χ2n) is 4.83. The van der Waals surface area contributed by atoms with Crippen molar-refractivity contribution in [3.05, 3.63) is 38.8 Å². The highest BCUT2D eigenvalue weighted by molar-refractivity contribution is 9.10. The standard InChI is InChI=1S/C16H18BrN3O3S/c1-4-7-23-13-6-5-11(8-12(13)17)9-18-20-16-19-10(2)14(24-16)15(21)22-3/h5-6,8-9H,4,7H2,1-3H3,(H,19,20)/b18-9-. The molecule has 2 aromatic rings. The first-order chi connectivity index (χ1) is 11.5. The first-order valence-electron chi connectivity index (χ1n) is 7.32. The summed E-state index contributed by atoms with van der Waals surface area (Å²) in [5, 5.41) is 4.68. The number of anilines is 1. The van der Waals surface area contributed by atoms with Crippen molar-refractivity contribution in [2.45, 2.75) is 20.3 Å². The van der Waals surface area contributed by atoms with Crippen molar-refractivity contribution in [2.75, 3.05) is 19.1 Å². The van der Waals surface area contributed by atoms with Crippen LogP contribution in [0, 0.1) is 6.92 Å². The molecule has 0 aliphatic rings. The second kappa shape index (κ2) is 8.79. The zero-order valence-electron chi connectivity index (χ0n) is 13.6. The zero-order chi connectivity index (χ0) is 17.5. The van der Waals surface area contributed by atoms with E-state index in [2.05, 4.69) is 38.4 Å². The summed E-state index contributed by atoms with van der Waals surface area (Å²) in [6, 6.07) is 5.72. The molecular formula is C16H18BrN3O3S. The maximum atomic E-state index is 11.6. The number of hydrazone groups is 1. The molecule has 0 fully saturated rings. The van der Waals surface area contributed by atoms with Gasteiger partial charge in [-0.25, -0.2) is 9.78 Å². The highest BCUT2D eigenvalue weighted by Gasteiger charge is 2.15. The molecule has 1 heterocycles. The quantitative estimate of drug-likeness (QED) is 0.419. The fourth-order valence-electron chi connectivity index (χ4n) is 1.81. The number of thiazole rings is 1. The van der Waals surface area contributed by atoms with Crippen LogP contribution in [0.5, 0.6) is 5.75 Å². The maximum Gasteiger partial charge on any atom is 0.350 e. The molecule has 128 valence electrons. The van der Waals surface area contributed by atoms with E-state index in [-0.39, 0.29) is 0 Å². The van der Waals surface area contributed by atoms with Gasteiger partial charge in [0.15, 0.2) is 0 Å². The average molecular weight is 412 g/mol. The number of nitrogens with zero attached hydrogens (tertiary/aromatic N) is 2. The summed E-state index contributed by atoms with van der Waals surface area (Å²) in [5.74, 6) is 0.411. The van der Waals surface area contributed by atoms with Gasteiger partial charge in [-0.05, 0) is 53.0 Å². The van der Waals surface area contributed by atoms with Gasteiger partial charge in [-0.3, -0.25) is 5.43 Å². The number of aromatic nitrogens is 1. The number of hydrogen-bond acceptors (Lipinski definition) is 7. The Bertz CT molecular complexity index is 746. The van der Waals surface area contributed by atoms with Gasteiger partial charge in [-0.15, -0.1) is 0 Å². The Morgan fingerprint density at radius 1 is 1.50 bits per heavy atom. The molecule has 0 amide bonds. The van der Waals surface area contributed by atoms with E-state index in [1.807, 2.05) is 18.2 Å². The van der Waals surface area contributed by atoms with Gasteiger partial charge in [0.2, 0.25) is 5.13 Å². The number of aryl methyl sites for hydroxylation is 1. The van der Waals surface area contributed by atoms with Crippen LogP contribution < -0.4 is 10.2 Å². The fraction of sp³-hybridized carbons (Fsp3) is 0.312. The summed E-state index contributed by atoms with van der Waals surface area (Å²) in [4.78, 5) is 16.3. The summed E-state index contributed by atoms with van der Waals surface area (Å²) in [6.45, 7) is 4.50. The van der Waals surface area contributed by atoms with Gasteiger partial charge in [-0.1, -0.05) is 18.3 Å². The second-order valence-corrected chi connectivity index (χ2v) is 6.69. The first kappa shape index (κ1) is 18.4. The van der Waals surface area contributed by atoms with E-state index >= 15 is 0 Å².